The van der Waals surface area contributed by atoms with Crippen molar-refractivity contribution in [2.45, 2.75) is 64.1 Å². The fourth-order valence-electron chi connectivity index (χ4n) is 4.15. The summed E-state index contributed by atoms with van der Waals surface area (Å²) in [5.41, 5.74) is 1.82. The van der Waals surface area contributed by atoms with Crippen LogP contribution in [0.4, 0.5) is 5.69 Å². The molecule has 3 aromatic rings. The normalized spacial score (nSPS) is 12.8. The maximum absolute atomic E-state index is 14.1. The largest absolute Gasteiger partial charge is 0.352 e. The van der Waals surface area contributed by atoms with Crippen LogP contribution < -0.4 is 9.62 Å². The van der Waals surface area contributed by atoms with Crippen molar-refractivity contribution in [2.24, 2.45) is 0 Å². The summed E-state index contributed by atoms with van der Waals surface area (Å²) in [6.45, 7) is 6.99. The number of sulfonamides is 1. The Morgan fingerprint density at radius 3 is 2.15 bits per heavy atom. The number of nitrogens with one attached hydrogen (secondary N) is 1. The number of hydrogen-bond acceptors (Lipinski definition) is 4. The van der Waals surface area contributed by atoms with Gasteiger partial charge in [-0.1, -0.05) is 79.0 Å². The molecular formula is C30H35Cl2N3O4S. The topological polar surface area (TPSA) is 86.8 Å². The van der Waals surface area contributed by atoms with E-state index in [1.54, 1.807) is 60.7 Å². The summed E-state index contributed by atoms with van der Waals surface area (Å²) >= 11 is 12.5. The van der Waals surface area contributed by atoms with Gasteiger partial charge >= 0.3 is 0 Å². The summed E-state index contributed by atoms with van der Waals surface area (Å²) < 4.78 is 28.8. The van der Waals surface area contributed by atoms with Crippen LogP contribution in [0.15, 0.2) is 77.7 Å². The Morgan fingerprint density at radius 2 is 1.57 bits per heavy atom. The first-order valence-electron chi connectivity index (χ1n) is 13.2. The van der Waals surface area contributed by atoms with E-state index < -0.39 is 28.5 Å². The Labute approximate surface area is 247 Å². The van der Waals surface area contributed by atoms with Crippen LogP contribution in [-0.4, -0.2) is 43.8 Å². The predicted octanol–water partition coefficient (Wildman–Crippen LogP) is 6.22. The van der Waals surface area contributed by atoms with Gasteiger partial charge in [0.2, 0.25) is 11.8 Å². The van der Waals surface area contributed by atoms with E-state index in [1.165, 1.54) is 17.0 Å². The quantitative estimate of drug-likeness (QED) is 0.266. The number of benzene rings is 3. The van der Waals surface area contributed by atoms with E-state index in [0.29, 0.717) is 27.7 Å². The van der Waals surface area contributed by atoms with Crippen molar-refractivity contribution < 1.29 is 18.0 Å². The van der Waals surface area contributed by atoms with Gasteiger partial charge in [-0.15, -0.1) is 0 Å². The lowest BCUT2D eigenvalue weighted by molar-refractivity contribution is -0.140. The minimum Gasteiger partial charge on any atom is -0.352 e. The van der Waals surface area contributed by atoms with E-state index >= 15 is 0 Å². The van der Waals surface area contributed by atoms with Crippen LogP contribution >= 0.6 is 23.2 Å². The summed E-state index contributed by atoms with van der Waals surface area (Å²) in [6.07, 6.45) is 1.03. The van der Waals surface area contributed by atoms with Gasteiger partial charge < -0.3 is 10.2 Å². The highest BCUT2D eigenvalue weighted by Gasteiger charge is 2.34. The third-order valence-electron chi connectivity index (χ3n) is 6.67. The lowest BCUT2D eigenvalue weighted by Crippen LogP contribution is -2.53. The Bertz CT molecular complexity index is 1420. The maximum Gasteiger partial charge on any atom is 0.264 e. The van der Waals surface area contributed by atoms with Crippen molar-refractivity contribution in [3.05, 3.63) is 94.0 Å². The second-order valence-electron chi connectivity index (χ2n) is 9.66. The van der Waals surface area contributed by atoms with Gasteiger partial charge in [-0.3, -0.25) is 13.9 Å². The molecule has 0 heterocycles. The first kappa shape index (κ1) is 31.5. The number of carbonyl (C=O) groups is 2. The molecule has 2 amide bonds. The minimum atomic E-state index is -4.12. The molecule has 0 aromatic heterocycles. The third kappa shape index (κ3) is 7.77. The van der Waals surface area contributed by atoms with Gasteiger partial charge in [0.25, 0.3) is 10.0 Å². The molecule has 0 saturated carbocycles. The van der Waals surface area contributed by atoms with Gasteiger partial charge in [-0.25, -0.2) is 8.42 Å². The van der Waals surface area contributed by atoms with Crippen LogP contribution in [0.5, 0.6) is 0 Å². The fourth-order valence-corrected chi connectivity index (χ4v) is 6.04. The summed E-state index contributed by atoms with van der Waals surface area (Å²) in [5.74, 6) is -0.861. The molecule has 3 rings (SSSR count). The van der Waals surface area contributed by atoms with Crippen molar-refractivity contribution >= 4 is 50.7 Å². The molecule has 0 bridgehead atoms. The van der Waals surface area contributed by atoms with Crippen LogP contribution in [-0.2, 0) is 26.2 Å². The van der Waals surface area contributed by atoms with Gasteiger partial charge in [0.05, 0.1) is 10.6 Å². The van der Waals surface area contributed by atoms with Crippen molar-refractivity contribution in [3.8, 4) is 0 Å². The number of amides is 2. The number of nitrogens with zero attached hydrogens (tertiary/aromatic N) is 2. The van der Waals surface area contributed by atoms with Gasteiger partial charge in [-0.05, 0) is 68.7 Å². The van der Waals surface area contributed by atoms with Gasteiger partial charge in [-0.2, -0.15) is 0 Å². The lowest BCUT2D eigenvalue weighted by atomic mass is 10.1. The van der Waals surface area contributed by atoms with E-state index in [9.17, 15) is 18.0 Å². The maximum atomic E-state index is 14.1. The van der Waals surface area contributed by atoms with Crippen LogP contribution in [0.25, 0.3) is 0 Å². The number of para-hydroxylation sites is 1. The van der Waals surface area contributed by atoms with Crippen molar-refractivity contribution in [1.82, 2.24) is 10.2 Å². The number of aryl methyl sites for hydroxylation is 1. The Morgan fingerprint density at radius 1 is 0.925 bits per heavy atom. The Balaban J connectivity index is 2.06. The third-order valence-corrected chi connectivity index (χ3v) is 9.05. The first-order valence-corrected chi connectivity index (χ1v) is 15.4. The lowest BCUT2D eigenvalue weighted by Gasteiger charge is -2.34. The van der Waals surface area contributed by atoms with Crippen LogP contribution in [0.2, 0.25) is 10.0 Å². The highest BCUT2D eigenvalue weighted by molar-refractivity contribution is 7.92. The first-order chi connectivity index (χ1) is 19.0. The predicted molar refractivity (Wildman–Crippen MR) is 161 cm³/mol. The molecule has 1 N–H and O–H groups in total. The minimum absolute atomic E-state index is 0.00548. The molecule has 0 aliphatic heterocycles. The molecule has 0 unspecified atom stereocenters. The molecule has 0 spiro atoms. The average Bonchev–Trinajstić information content (AvgIpc) is 2.93. The molecule has 10 heteroatoms. The van der Waals surface area contributed by atoms with Crippen LogP contribution in [0.1, 0.15) is 44.7 Å². The number of anilines is 1. The Kier molecular flexibility index (Phi) is 11.0. The summed E-state index contributed by atoms with van der Waals surface area (Å²) in [5, 5.41) is 3.73. The number of halogens is 2. The van der Waals surface area contributed by atoms with Crippen molar-refractivity contribution in [1.29, 1.82) is 0 Å². The van der Waals surface area contributed by atoms with Gasteiger partial charge in [0.15, 0.2) is 0 Å². The molecule has 0 aliphatic rings. The van der Waals surface area contributed by atoms with E-state index in [2.05, 4.69) is 5.32 Å². The van der Waals surface area contributed by atoms with Gasteiger partial charge in [0, 0.05) is 22.6 Å². The smallest absolute Gasteiger partial charge is 0.264 e. The summed E-state index contributed by atoms with van der Waals surface area (Å²) in [6, 6.07) is 18.9. The molecule has 2 atom stereocenters. The molecular weight excluding hydrogens is 569 g/mol. The summed E-state index contributed by atoms with van der Waals surface area (Å²) in [7, 11) is -4.12. The molecule has 3 aromatic carbocycles. The van der Waals surface area contributed by atoms with Gasteiger partial charge in [0.1, 0.15) is 12.6 Å². The molecule has 0 radical (unpaired) electrons. The number of rotatable bonds is 12. The second-order valence-corrected chi connectivity index (χ2v) is 12.4. The zero-order valence-corrected chi connectivity index (χ0v) is 25.4. The highest BCUT2D eigenvalue weighted by Crippen LogP contribution is 2.27. The molecule has 0 aliphatic carbocycles. The standard InChI is InChI=1S/C30H35Cl2N3O4S/c1-5-22(4)33-30(37)28(6-2)34(19-23-14-15-24(31)18-27(23)32)29(36)20-35(25-10-8-7-9-11-25)40(38,39)26-16-12-21(3)13-17-26/h7-18,22,28H,5-6,19-20H2,1-4H3,(H,33,37)/t22-,28+/m0/s1. The summed E-state index contributed by atoms with van der Waals surface area (Å²) in [4.78, 5) is 28.9. The zero-order valence-electron chi connectivity index (χ0n) is 23.1. The monoisotopic (exact) mass is 603 g/mol. The van der Waals surface area contributed by atoms with E-state index in [1.807, 2.05) is 27.7 Å². The molecule has 214 valence electrons. The number of carbonyl (C=O) groups excluding carboxylic acids is 2. The van der Waals surface area contributed by atoms with E-state index in [4.69, 9.17) is 23.2 Å². The average molecular weight is 605 g/mol. The van der Waals surface area contributed by atoms with Crippen LogP contribution in [0.3, 0.4) is 0 Å². The molecule has 7 nitrogen and oxygen atoms in total. The van der Waals surface area contributed by atoms with Crippen molar-refractivity contribution in [3.63, 3.8) is 0 Å². The molecule has 0 saturated heterocycles. The molecule has 40 heavy (non-hydrogen) atoms. The second kappa shape index (κ2) is 14.0. The fraction of sp³-hybridized carbons (Fsp3) is 0.333. The molecule has 0 fully saturated rings. The van der Waals surface area contributed by atoms with E-state index in [0.717, 1.165) is 16.3 Å². The Hall–Kier alpha value is -3.07. The SMILES string of the molecule is CC[C@H](C(=O)N[C@@H](C)CC)N(Cc1ccc(Cl)cc1Cl)C(=O)CN(c1ccccc1)S(=O)(=O)c1ccc(C)cc1. The van der Waals surface area contributed by atoms with Crippen LogP contribution in [0, 0.1) is 6.92 Å². The highest BCUT2D eigenvalue weighted by atomic mass is 35.5. The zero-order chi connectivity index (χ0) is 29.4. The number of hydrogen-bond donors (Lipinski definition) is 1. The van der Waals surface area contributed by atoms with E-state index in [-0.39, 0.29) is 23.4 Å². The van der Waals surface area contributed by atoms with Crippen molar-refractivity contribution in [2.75, 3.05) is 10.8 Å².